The van der Waals surface area contributed by atoms with Gasteiger partial charge in [-0.25, -0.2) is 0 Å². The van der Waals surface area contributed by atoms with Crippen molar-refractivity contribution in [2.75, 3.05) is 13.2 Å². The maximum absolute atomic E-state index is 12.8. The van der Waals surface area contributed by atoms with E-state index in [-0.39, 0.29) is 31.1 Å². The molecule has 0 rings (SSSR count). The average Bonchev–Trinajstić information content (AvgIpc) is 3.30. The van der Waals surface area contributed by atoms with E-state index in [0.29, 0.717) is 19.3 Å². The second kappa shape index (κ2) is 52.4. The third-order valence-electron chi connectivity index (χ3n) is 10.6. The van der Waals surface area contributed by atoms with Crippen LogP contribution in [0, 0.1) is 0 Å². The summed E-state index contributed by atoms with van der Waals surface area (Å²) in [5.74, 6) is -0.957. The van der Waals surface area contributed by atoms with Crippen LogP contribution in [0.25, 0.3) is 0 Å². The lowest BCUT2D eigenvalue weighted by molar-refractivity contribution is -0.167. The molecule has 0 aliphatic carbocycles. The standard InChI is InChI=1S/C59H94O6/c1-4-7-10-13-16-19-22-25-27-28-29-30-32-34-37-40-43-46-49-52-58(61)64-55-56(54-63-57(60)51-48-45-42-39-36-33-24-21-18-15-12-9-6-3)65-59(62)53-50-47-44-41-38-35-31-26-23-20-17-14-11-8-5-2/h7-12,14-21,23-27,31,56H,4-6,13,22,28-30,32-55H2,1-3H3/b10-7+,11-8+,12-9+,17-14+,18-15+,19-16+,23-20+,24-21+,27-25+,31-26+. The fourth-order valence-corrected chi connectivity index (χ4v) is 6.76. The molecular formula is C59H94O6. The monoisotopic (exact) mass is 899 g/mol. The zero-order valence-corrected chi connectivity index (χ0v) is 41.7. The molecule has 0 saturated heterocycles. The second-order valence-corrected chi connectivity index (χ2v) is 16.8. The van der Waals surface area contributed by atoms with E-state index in [2.05, 4.69) is 118 Å². The van der Waals surface area contributed by atoms with Crippen LogP contribution in [0.3, 0.4) is 0 Å². The Balaban J connectivity index is 4.45. The van der Waals surface area contributed by atoms with E-state index in [4.69, 9.17) is 14.2 Å². The second-order valence-electron chi connectivity index (χ2n) is 16.8. The summed E-state index contributed by atoms with van der Waals surface area (Å²) in [5.41, 5.74) is 0. The van der Waals surface area contributed by atoms with Gasteiger partial charge in [0.1, 0.15) is 13.2 Å². The molecule has 65 heavy (non-hydrogen) atoms. The largest absolute Gasteiger partial charge is 0.462 e. The third kappa shape index (κ3) is 50.7. The van der Waals surface area contributed by atoms with Crippen molar-refractivity contribution >= 4 is 17.9 Å². The molecule has 0 amide bonds. The molecule has 0 aromatic heterocycles. The number of hydrogen-bond donors (Lipinski definition) is 0. The molecule has 0 aromatic rings. The van der Waals surface area contributed by atoms with Gasteiger partial charge in [-0.1, -0.05) is 226 Å². The molecule has 0 saturated carbocycles. The van der Waals surface area contributed by atoms with Crippen molar-refractivity contribution in [3.63, 3.8) is 0 Å². The molecule has 0 radical (unpaired) electrons. The summed E-state index contributed by atoms with van der Waals surface area (Å²) in [6.45, 7) is 6.20. The van der Waals surface area contributed by atoms with Crippen molar-refractivity contribution in [1.29, 1.82) is 0 Å². The molecule has 0 aromatic carbocycles. The van der Waals surface area contributed by atoms with Crippen LogP contribution in [-0.4, -0.2) is 37.2 Å². The Labute approximate surface area is 399 Å². The number of hydrogen-bond acceptors (Lipinski definition) is 6. The molecule has 0 fully saturated rings. The Morgan fingerprint density at radius 1 is 0.323 bits per heavy atom. The first kappa shape index (κ1) is 60.8. The molecule has 6 heteroatoms. The van der Waals surface area contributed by atoms with Gasteiger partial charge in [0.2, 0.25) is 0 Å². The van der Waals surface area contributed by atoms with Crippen molar-refractivity contribution < 1.29 is 28.6 Å². The van der Waals surface area contributed by atoms with E-state index in [9.17, 15) is 14.4 Å². The van der Waals surface area contributed by atoms with E-state index in [0.717, 1.165) is 135 Å². The molecule has 0 spiro atoms. The van der Waals surface area contributed by atoms with Crippen molar-refractivity contribution in [2.45, 2.75) is 219 Å². The highest BCUT2D eigenvalue weighted by Crippen LogP contribution is 2.14. The van der Waals surface area contributed by atoms with Crippen LogP contribution in [0.15, 0.2) is 122 Å². The number of ether oxygens (including phenoxy) is 3. The van der Waals surface area contributed by atoms with Gasteiger partial charge in [0.25, 0.3) is 0 Å². The number of unbranched alkanes of at least 4 members (excludes halogenated alkanes) is 19. The summed E-state index contributed by atoms with van der Waals surface area (Å²) in [4.78, 5) is 38.0. The van der Waals surface area contributed by atoms with Crippen LogP contribution >= 0.6 is 0 Å². The SMILES string of the molecule is CC/C=C/C=C/C=C/C=C/CCCCCCCC(=O)OC(COC(=O)CCCCCCC/C=C/C=C/C=C/CC)COC(=O)CCCCCCCCCCC/C=C/C/C=C/C/C=C/CC. The Kier molecular flexibility index (Phi) is 49.1. The number of carbonyl (C=O) groups is 3. The van der Waals surface area contributed by atoms with Crippen molar-refractivity contribution in [3.05, 3.63) is 122 Å². The Morgan fingerprint density at radius 3 is 1.05 bits per heavy atom. The molecule has 366 valence electrons. The highest BCUT2D eigenvalue weighted by Gasteiger charge is 2.19. The van der Waals surface area contributed by atoms with Crippen LogP contribution in [-0.2, 0) is 28.6 Å². The van der Waals surface area contributed by atoms with Crippen LogP contribution in [0.5, 0.6) is 0 Å². The van der Waals surface area contributed by atoms with Gasteiger partial charge in [0.15, 0.2) is 6.10 Å². The van der Waals surface area contributed by atoms with Crippen molar-refractivity contribution in [3.8, 4) is 0 Å². The van der Waals surface area contributed by atoms with E-state index in [1.165, 1.54) is 38.5 Å². The van der Waals surface area contributed by atoms with Gasteiger partial charge in [-0.3, -0.25) is 14.4 Å². The smallest absolute Gasteiger partial charge is 0.306 e. The first-order valence-corrected chi connectivity index (χ1v) is 26.1. The van der Waals surface area contributed by atoms with Gasteiger partial charge >= 0.3 is 17.9 Å². The van der Waals surface area contributed by atoms with Crippen LogP contribution in [0.1, 0.15) is 213 Å². The number of carbonyl (C=O) groups excluding carboxylic acids is 3. The number of rotatable bonds is 45. The van der Waals surface area contributed by atoms with Gasteiger partial charge in [-0.15, -0.1) is 0 Å². The van der Waals surface area contributed by atoms with Crippen molar-refractivity contribution in [1.82, 2.24) is 0 Å². The minimum atomic E-state index is -0.804. The maximum Gasteiger partial charge on any atom is 0.306 e. The summed E-state index contributed by atoms with van der Waals surface area (Å²) in [5, 5.41) is 0. The molecule has 1 unspecified atom stereocenters. The van der Waals surface area contributed by atoms with E-state index >= 15 is 0 Å². The highest BCUT2D eigenvalue weighted by molar-refractivity contribution is 5.71. The van der Waals surface area contributed by atoms with Gasteiger partial charge in [-0.05, 0) is 89.9 Å². The average molecular weight is 899 g/mol. The molecule has 0 aliphatic heterocycles. The van der Waals surface area contributed by atoms with E-state index in [1.807, 2.05) is 24.3 Å². The Morgan fingerprint density at radius 2 is 0.631 bits per heavy atom. The highest BCUT2D eigenvalue weighted by atomic mass is 16.6. The summed E-state index contributed by atoms with van der Waals surface area (Å²) in [7, 11) is 0. The van der Waals surface area contributed by atoms with E-state index < -0.39 is 6.10 Å². The lowest BCUT2D eigenvalue weighted by Gasteiger charge is -2.18. The van der Waals surface area contributed by atoms with Gasteiger partial charge < -0.3 is 14.2 Å². The zero-order chi connectivity index (χ0) is 47.2. The molecule has 0 N–H and O–H groups in total. The normalized spacial score (nSPS) is 13.1. The molecular weight excluding hydrogens is 805 g/mol. The summed E-state index contributed by atoms with van der Waals surface area (Å²) < 4.78 is 16.8. The summed E-state index contributed by atoms with van der Waals surface area (Å²) >= 11 is 0. The first-order chi connectivity index (χ1) is 32.0. The van der Waals surface area contributed by atoms with Gasteiger partial charge in [-0.2, -0.15) is 0 Å². The quantitative estimate of drug-likeness (QED) is 0.0199. The molecule has 1 atom stereocenters. The van der Waals surface area contributed by atoms with Crippen molar-refractivity contribution in [2.24, 2.45) is 0 Å². The third-order valence-corrected chi connectivity index (χ3v) is 10.6. The predicted molar refractivity (Wildman–Crippen MR) is 279 cm³/mol. The van der Waals surface area contributed by atoms with Crippen LogP contribution < -0.4 is 0 Å². The molecule has 0 bridgehead atoms. The predicted octanol–water partition coefficient (Wildman–Crippen LogP) is 17.3. The molecule has 0 heterocycles. The topological polar surface area (TPSA) is 78.9 Å². The zero-order valence-electron chi connectivity index (χ0n) is 41.7. The minimum Gasteiger partial charge on any atom is -0.462 e. The lowest BCUT2D eigenvalue weighted by atomic mass is 10.1. The van der Waals surface area contributed by atoms with Gasteiger partial charge in [0, 0.05) is 19.3 Å². The van der Waals surface area contributed by atoms with Gasteiger partial charge in [0.05, 0.1) is 0 Å². The Bertz CT molecular complexity index is 1400. The first-order valence-electron chi connectivity index (χ1n) is 26.1. The summed E-state index contributed by atoms with van der Waals surface area (Å²) in [6, 6.07) is 0. The minimum absolute atomic E-state index is 0.101. The fraction of sp³-hybridized carbons (Fsp3) is 0.610. The number of allylic oxidation sites excluding steroid dienone is 20. The Hall–Kier alpha value is -4.19. The number of esters is 3. The fourth-order valence-electron chi connectivity index (χ4n) is 6.76. The summed E-state index contributed by atoms with van der Waals surface area (Å²) in [6.07, 6.45) is 71.8. The molecule has 6 nitrogen and oxygen atoms in total. The maximum atomic E-state index is 12.8. The van der Waals surface area contributed by atoms with E-state index in [1.54, 1.807) is 0 Å². The molecule has 0 aliphatic rings. The lowest BCUT2D eigenvalue weighted by Crippen LogP contribution is -2.30. The van der Waals surface area contributed by atoms with Crippen LogP contribution in [0.4, 0.5) is 0 Å². The van der Waals surface area contributed by atoms with Crippen LogP contribution in [0.2, 0.25) is 0 Å².